The van der Waals surface area contributed by atoms with Crippen LogP contribution in [0.1, 0.15) is 21.9 Å². The number of carbonyl (C=O) groups is 1. The van der Waals surface area contributed by atoms with Crippen LogP contribution in [-0.4, -0.2) is 36.0 Å². The number of nitrogens with zero attached hydrogens (tertiary/aromatic N) is 1. The first kappa shape index (κ1) is 16.7. The molecule has 3 N–H and O–H groups in total. The molecular formula is C10H18ClN3OS2. The van der Waals surface area contributed by atoms with E-state index in [1.807, 2.05) is 0 Å². The van der Waals surface area contributed by atoms with Crippen molar-refractivity contribution >= 4 is 41.4 Å². The van der Waals surface area contributed by atoms with Crippen molar-refractivity contribution in [1.29, 1.82) is 0 Å². The number of amides is 1. The number of nitrogens with two attached hydrogens (primary N) is 1. The third-order valence-electron chi connectivity index (χ3n) is 1.95. The van der Waals surface area contributed by atoms with Crippen molar-refractivity contribution in [2.75, 3.05) is 25.1 Å². The minimum Gasteiger partial charge on any atom is -0.351 e. The molecule has 0 radical (unpaired) electrons. The van der Waals surface area contributed by atoms with Crippen molar-refractivity contribution < 1.29 is 4.79 Å². The predicted molar refractivity (Wildman–Crippen MR) is 77.5 cm³/mol. The van der Waals surface area contributed by atoms with E-state index < -0.39 is 0 Å². The minimum atomic E-state index is -0.0828. The molecule has 4 nitrogen and oxygen atoms in total. The van der Waals surface area contributed by atoms with E-state index in [2.05, 4.69) is 16.6 Å². The fraction of sp³-hybridized carbons (Fsp3) is 0.600. The number of hydrogen-bond acceptors (Lipinski definition) is 5. The van der Waals surface area contributed by atoms with Gasteiger partial charge in [-0.05, 0) is 25.0 Å². The zero-order valence-electron chi connectivity index (χ0n) is 9.77. The van der Waals surface area contributed by atoms with E-state index in [9.17, 15) is 4.79 Å². The molecule has 0 atom stereocenters. The number of rotatable bonds is 7. The largest absolute Gasteiger partial charge is 0.351 e. The summed E-state index contributed by atoms with van der Waals surface area (Å²) in [6, 6.07) is 0. The number of aromatic nitrogens is 1. The lowest BCUT2D eigenvalue weighted by atomic mass is 10.4. The average molecular weight is 296 g/mol. The lowest BCUT2D eigenvalue weighted by molar-refractivity contribution is 0.0949. The van der Waals surface area contributed by atoms with Crippen LogP contribution in [0.15, 0.2) is 5.38 Å². The number of thiazole rings is 1. The van der Waals surface area contributed by atoms with Gasteiger partial charge in [0.05, 0.1) is 5.01 Å². The van der Waals surface area contributed by atoms with Crippen LogP contribution in [-0.2, 0) is 6.42 Å². The second kappa shape index (κ2) is 9.70. The maximum Gasteiger partial charge on any atom is 0.270 e. The lowest BCUT2D eigenvalue weighted by Gasteiger charge is -2.01. The Balaban J connectivity index is 0.00000256. The van der Waals surface area contributed by atoms with E-state index >= 15 is 0 Å². The highest BCUT2D eigenvalue weighted by atomic mass is 35.5. The Kier molecular flexibility index (Phi) is 9.53. The summed E-state index contributed by atoms with van der Waals surface area (Å²) in [5.74, 6) is 0.982. The van der Waals surface area contributed by atoms with E-state index in [0.717, 1.165) is 23.6 Å². The zero-order chi connectivity index (χ0) is 11.8. The molecule has 0 saturated carbocycles. The quantitative estimate of drug-likeness (QED) is 0.749. The van der Waals surface area contributed by atoms with Gasteiger partial charge in [0, 0.05) is 18.3 Å². The summed E-state index contributed by atoms with van der Waals surface area (Å²) in [4.78, 5) is 15.8. The highest BCUT2D eigenvalue weighted by Gasteiger charge is 2.09. The molecule has 17 heavy (non-hydrogen) atoms. The first-order chi connectivity index (χ1) is 7.77. The first-order valence-corrected chi connectivity index (χ1v) is 7.47. The second-order valence-electron chi connectivity index (χ2n) is 3.27. The highest BCUT2D eigenvalue weighted by Crippen LogP contribution is 2.09. The number of nitrogens with one attached hydrogen (secondary N) is 1. The molecule has 1 aromatic rings. The van der Waals surface area contributed by atoms with Gasteiger partial charge in [0.25, 0.3) is 5.91 Å². The summed E-state index contributed by atoms with van der Waals surface area (Å²) < 4.78 is 0. The Labute approximate surface area is 116 Å². The van der Waals surface area contributed by atoms with Crippen LogP contribution in [0.5, 0.6) is 0 Å². The molecule has 0 aromatic carbocycles. The minimum absolute atomic E-state index is 0. The summed E-state index contributed by atoms with van der Waals surface area (Å²) >= 11 is 3.27. The molecule has 1 heterocycles. The van der Waals surface area contributed by atoms with Gasteiger partial charge in [0.15, 0.2) is 0 Å². The molecule has 0 aliphatic carbocycles. The number of halogens is 1. The van der Waals surface area contributed by atoms with E-state index in [1.165, 1.54) is 11.3 Å². The van der Waals surface area contributed by atoms with Gasteiger partial charge in [-0.2, -0.15) is 11.8 Å². The van der Waals surface area contributed by atoms with E-state index in [0.29, 0.717) is 18.8 Å². The topological polar surface area (TPSA) is 68.0 Å². The van der Waals surface area contributed by atoms with E-state index in [-0.39, 0.29) is 18.3 Å². The Bertz CT molecular complexity index is 333. The van der Waals surface area contributed by atoms with Crippen LogP contribution in [0.25, 0.3) is 0 Å². The second-order valence-corrected chi connectivity index (χ2v) is 5.20. The molecule has 0 saturated heterocycles. The van der Waals surface area contributed by atoms with Crippen LogP contribution < -0.4 is 11.1 Å². The van der Waals surface area contributed by atoms with Gasteiger partial charge in [0.1, 0.15) is 5.69 Å². The van der Waals surface area contributed by atoms with E-state index in [1.54, 1.807) is 17.1 Å². The van der Waals surface area contributed by atoms with Crippen LogP contribution in [0.4, 0.5) is 0 Å². The Morgan fingerprint density at radius 2 is 2.41 bits per heavy atom. The molecule has 98 valence electrons. The average Bonchev–Trinajstić information content (AvgIpc) is 2.73. The summed E-state index contributed by atoms with van der Waals surface area (Å²) in [5, 5.41) is 5.56. The zero-order valence-corrected chi connectivity index (χ0v) is 12.2. The maximum absolute atomic E-state index is 11.6. The Hall–Kier alpha value is -0.300. The monoisotopic (exact) mass is 295 g/mol. The third kappa shape index (κ3) is 6.26. The van der Waals surface area contributed by atoms with Crippen LogP contribution >= 0.6 is 35.5 Å². The maximum atomic E-state index is 11.6. The molecule has 1 aromatic heterocycles. The van der Waals surface area contributed by atoms with Crippen molar-refractivity contribution in [3.8, 4) is 0 Å². The Morgan fingerprint density at radius 3 is 3.06 bits per heavy atom. The first-order valence-electron chi connectivity index (χ1n) is 5.19. The van der Waals surface area contributed by atoms with Crippen LogP contribution in [0.2, 0.25) is 0 Å². The fourth-order valence-electron chi connectivity index (χ4n) is 1.16. The summed E-state index contributed by atoms with van der Waals surface area (Å²) in [6.45, 7) is 1.28. The summed E-state index contributed by atoms with van der Waals surface area (Å²) in [7, 11) is 0. The predicted octanol–water partition coefficient (Wildman–Crippen LogP) is 1.55. The fourth-order valence-corrected chi connectivity index (χ4v) is 2.39. The smallest absolute Gasteiger partial charge is 0.270 e. The van der Waals surface area contributed by atoms with Gasteiger partial charge in [-0.3, -0.25) is 4.79 Å². The molecule has 7 heteroatoms. The van der Waals surface area contributed by atoms with Crippen molar-refractivity contribution in [3.63, 3.8) is 0 Å². The normalized spacial score (nSPS) is 9.76. The molecular weight excluding hydrogens is 278 g/mol. The van der Waals surface area contributed by atoms with Gasteiger partial charge in [-0.25, -0.2) is 4.98 Å². The Morgan fingerprint density at radius 1 is 1.65 bits per heavy atom. The van der Waals surface area contributed by atoms with Gasteiger partial charge in [-0.15, -0.1) is 23.7 Å². The molecule has 0 aliphatic rings. The van der Waals surface area contributed by atoms with Crippen LogP contribution in [0, 0.1) is 0 Å². The van der Waals surface area contributed by atoms with Gasteiger partial charge >= 0.3 is 0 Å². The van der Waals surface area contributed by atoms with Crippen molar-refractivity contribution in [3.05, 3.63) is 16.1 Å². The van der Waals surface area contributed by atoms with Crippen molar-refractivity contribution in [2.45, 2.75) is 12.8 Å². The van der Waals surface area contributed by atoms with Gasteiger partial charge < -0.3 is 11.1 Å². The molecule has 0 spiro atoms. The summed E-state index contributed by atoms with van der Waals surface area (Å²) in [6.07, 6.45) is 3.79. The molecule has 0 aliphatic heterocycles. The molecule has 1 rings (SSSR count). The number of carbonyl (C=O) groups excluding carboxylic acids is 1. The molecule has 1 amide bonds. The lowest BCUT2D eigenvalue weighted by Crippen LogP contribution is -2.25. The van der Waals surface area contributed by atoms with Gasteiger partial charge in [-0.1, -0.05) is 0 Å². The van der Waals surface area contributed by atoms with Gasteiger partial charge in [0.2, 0.25) is 0 Å². The summed E-state index contributed by atoms with van der Waals surface area (Å²) in [5.41, 5.74) is 5.93. The van der Waals surface area contributed by atoms with Crippen LogP contribution in [0.3, 0.4) is 0 Å². The number of thioether (sulfide) groups is 1. The SMILES string of the molecule is CSCCCNC(=O)c1csc(CCN)n1.Cl. The molecule has 0 bridgehead atoms. The number of hydrogen-bond donors (Lipinski definition) is 2. The highest BCUT2D eigenvalue weighted by molar-refractivity contribution is 7.98. The third-order valence-corrected chi connectivity index (χ3v) is 3.56. The standard InChI is InChI=1S/C10H17N3OS2.ClH/c1-15-6-2-5-12-10(14)8-7-16-9(13-8)3-4-11;/h7H,2-6,11H2,1H3,(H,12,14);1H. The molecule has 0 fully saturated rings. The molecule has 0 unspecified atom stereocenters. The van der Waals surface area contributed by atoms with Crippen molar-refractivity contribution in [2.24, 2.45) is 5.73 Å². The van der Waals surface area contributed by atoms with E-state index in [4.69, 9.17) is 5.73 Å². The van der Waals surface area contributed by atoms with Crippen molar-refractivity contribution in [1.82, 2.24) is 10.3 Å².